The molecule has 2 amide bonds. The highest BCUT2D eigenvalue weighted by atomic mass is 32.1. The fourth-order valence-corrected chi connectivity index (χ4v) is 4.94. The summed E-state index contributed by atoms with van der Waals surface area (Å²) in [5, 5.41) is 12.4. The van der Waals surface area contributed by atoms with E-state index in [9.17, 15) is 19.5 Å². The van der Waals surface area contributed by atoms with Gasteiger partial charge in [0.2, 0.25) is 5.91 Å². The average Bonchev–Trinajstić information content (AvgIpc) is 3.21. The Kier molecular flexibility index (Phi) is 7.22. The fourth-order valence-electron chi connectivity index (χ4n) is 3.88. The minimum Gasteiger partial charge on any atom is -0.479 e. The zero-order valence-corrected chi connectivity index (χ0v) is 20.2. The van der Waals surface area contributed by atoms with Gasteiger partial charge in [-0.3, -0.25) is 9.59 Å². The molecule has 0 saturated carbocycles. The monoisotopic (exact) mass is 487 g/mol. The Labute approximate surface area is 206 Å². The van der Waals surface area contributed by atoms with Gasteiger partial charge in [0.25, 0.3) is 5.91 Å². The quantitative estimate of drug-likeness (QED) is 0.396. The van der Waals surface area contributed by atoms with Crippen molar-refractivity contribution in [2.24, 2.45) is 4.99 Å². The van der Waals surface area contributed by atoms with Crippen LogP contribution < -0.4 is 10.1 Å². The van der Waals surface area contributed by atoms with Gasteiger partial charge in [0.05, 0.1) is 10.2 Å². The zero-order chi connectivity index (χ0) is 24.9. The number of hydrogen-bond acceptors (Lipinski definition) is 4. The van der Waals surface area contributed by atoms with Gasteiger partial charge in [-0.15, -0.1) is 0 Å². The van der Waals surface area contributed by atoms with E-state index in [1.807, 2.05) is 50.2 Å². The second kappa shape index (κ2) is 10.5. The molecule has 4 aromatic rings. The highest BCUT2D eigenvalue weighted by Crippen LogP contribution is 2.24. The number of fused-ring (bicyclic) bond motifs is 1. The maximum atomic E-state index is 13.4. The van der Waals surface area contributed by atoms with E-state index in [1.165, 1.54) is 11.3 Å². The van der Waals surface area contributed by atoms with Gasteiger partial charge in [-0.2, -0.15) is 4.99 Å². The molecule has 178 valence electrons. The van der Waals surface area contributed by atoms with Gasteiger partial charge < -0.3 is 15.0 Å². The molecule has 7 nitrogen and oxygen atoms in total. The van der Waals surface area contributed by atoms with Crippen molar-refractivity contribution in [1.29, 1.82) is 0 Å². The Morgan fingerprint density at radius 2 is 1.63 bits per heavy atom. The predicted molar refractivity (Wildman–Crippen MR) is 135 cm³/mol. The molecule has 2 atom stereocenters. The summed E-state index contributed by atoms with van der Waals surface area (Å²) in [5.41, 5.74) is 2.71. The molecule has 0 saturated heterocycles. The lowest BCUT2D eigenvalue weighted by molar-refractivity contribution is -0.142. The number of benzene rings is 3. The van der Waals surface area contributed by atoms with Crippen LogP contribution in [-0.2, 0) is 9.59 Å². The molecule has 0 aliphatic heterocycles. The largest absolute Gasteiger partial charge is 0.479 e. The zero-order valence-electron chi connectivity index (χ0n) is 19.3. The Hall–Kier alpha value is -4.04. The maximum absolute atomic E-state index is 13.4. The number of amides is 2. The molecular weight excluding hydrogens is 462 g/mol. The van der Waals surface area contributed by atoms with Crippen LogP contribution in [0.4, 0.5) is 0 Å². The third-order valence-corrected chi connectivity index (χ3v) is 6.73. The molecule has 0 spiro atoms. The molecule has 3 aromatic carbocycles. The summed E-state index contributed by atoms with van der Waals surface area (Å²) in [4.78, 5) is 43.1. The van der Waals surface area contributed by atoms with E-state index in [-0.39, 0.29) is 0 Å². The smallest absolute Gasteiger partial charge is 0.330 e. The molecule has 0 bridgehead atoms. The fraction of sp³-hybridized carbons (Fsp3) is 0.185. The van der Waals surface area contributed by atoms with Crippen LogP contribution in [-0.4, -0.2) is 27.5 Å². The molecule has 1 heterocycles. The average molecular weight is 488 g/mol. The standard InChI is InChI=1S/C27H25N3O4S/c1-3-20(25(32)28-23(26(33)34)18-9-5-4-6-10-18)30-21-11-7-8-12-22(21)35-27(30)29-24(31)19-15-13-17(2)14-16-19/h4-16,20,23H,3H2,1-2H3,(H,28,32)(H,33,34). The van der Waals surface area contributed by atoms with Crippen molar-refractivity contribution >= 4 is 39.3 Å². The summed E-state index contributed by atoms with van der Waals surface area (Å²) >= 11 is 1.31. The van der Waals surface area contributed by atoms with Crippen molar-refractivity contribution in [3.63, 3.8) is 0 Å². The maximum Gasteiger partial charge on any atom is 0.330 e. The molecule has 8 heteroatoms. The predicted octanol–water partition coefficient (Wildman–Crippen LogP) is 4.65. The first kappa shape index (κ1) is 24.1. The van der Waals surface area contributed by atoms with Gasteiger partial charge in [-0.05, 0) is 43.2 Å². The molecule has 2 N–H and O–H groups in total. The van der Waals surface area contributed by atoms with Gasteiger partial charge in [-0.25, -0.2) is 4.79 Å². The topological polar surface area (TPSA) is 101 Å². The molecule has 35 heavy (non-hydrogen) atoms. The van der Waals surface area contributed by atoms with Gasteiger partial charge >= 0.3 is 5.97 Å². The van der Waals surface area contributed by atoms with Gasteiger partial charge in [0.15, 0.2) is 10.8 Å². The third-order valence-electron chi connectivity index (χ3n) is 5.70. The summed E-state index contributed by atoms with van der Waals surface area (Å²) in [6, 6.07) is 21.2. The van der Waals surface area contributed by atoms with Gasteiger partial charge in [-0.1, -0.05) is 78.4 Å². The Morgan fingerprint density at radius 3 is 2.29 bits per heavy atom. The summed E-state index contributed by atoms with van der Waals surface area (Å²) < 4.78 is 2.60. The van der Waals surface area contributed by atoms with E-state index in [2.05, 4.69) is 10.3 Å². The molecule has 0 fully saturated rings. The second-order valence-electron chi connectivity index (χ2n) is 8.12. The number of carbonyl (C=O) groups is 3. The van der Waals surface area contributed by atoms with Crippen molar-refractivity contribution in [1.82, 2.24) is 9.88 Å². The number of nitrogens with one attached hydrogen (secondary N) is 1. The second-order valence-corrected chi connectivity index (χ2v) is 9.13. The van der Waals surface area contributed by atoms with Crippen LogP contribution in [0.15, 0.2) is 83.9 Å². The lowest BCUT2D eigenvalue weighted by Crippen LogP contribution is -2.40. The first-order valence-electron chi connectivity index (χ1n) is 11.2. The van der Waals surface area contributed by atoms with Crippen molar-refractivity contribution < 1.29 is 19.5 Å². The van der Waals surface area contributed by atoms with Crippen LogP contribution in [0.25, 0.3) is 10.2 Å². The number of nitrogens with zero attached hydrogens (tertiary/aromatic N) is 2. The number of carbonyl (C=O) groups excluding carboxylic acids is 2. The van der Waals surface area contributed by atoms with E-state index in [0.29, 0.717) is 22.3 Å². The SMILES string of the molecule is CCC(C(=O)NC(C(=O)O)c1ccccc1)n1c(=NC(=O)c2ccc(C)cc2)sc2ccccc21. The van der Waals surface area contributed by atoms with Crippen molar-refractivity contribution in [3.8, 4) is 0 Å². The number of para-hydroxylation sites is 1. The van der Waals surface area contributed by atoms with Crippen LogP contribution in [0.5, 0.6) is 0 Å². The number of aliphatic carboxylic acids is 1. The first-order chi connectivity index (χ1) is 16.9. The minimum absolute atomic E-state index is 0.375. The molecule has 0 aliphatic rings. The van der Waals surface area contributed by atoms with Crippen molar-refractivity contribution in [2.75, 3.05) is 0 Å². The van der Waals surface area contributed by atoms with Crippen LogP contribution in [0.1, 0.15) is 46.9 Å². The van der Waals surface area contributed by atoms with Crippen LogP contribution in [0.2, 0.25) is 0 Å². The molecule has 1 aromatic heterocycles. The van der Waals surface area contributed by atoms with E-state index in [4.69, 9.17) is 0 Å². The van der Waals surface area contributed by atoms with E-state index in [0.717, 1.165) is 15.8 Å². The summed E-state index contributed by atoms with van der Waals surface area (Å²) in [7, 11) is 0. The van der Waals surface area contributed by atoms with E-state index < -0.39 is 29.9 Å². The number of aryl methyl sites for hydroxylation is 1. The minimum atomic E-state index is -1.20. The van der Waals surface area contributed by atoms with Crippen LogP contribution in [0, 0.1) is 6.92 Å². The number of hydrogen-bond donors (Lipinski definition) is 2. The number of rotatable bonds is 7. The number of carboxylic acids is 1. The number of thiazole rings is 1. The van der Waals surface area contributed by atoms with Gasteiger partial charge in [0, 0.05) is 5.56 Å². The number of carboxylic acid groups (broad SMARTS) is 1. The molecule has 4 rings (SSSR count). The highest BCUT2D eigenvalue weighted by Gasteiger charge is 2.28. The van der Waals surface area contributed by atoms with Crippen molar-refractivity contribution in [2.45, 2.75) is 32.4 Å². The highest BCUT2D eigenvalue weighted by molar-refractivity contribution is 7.16. The lowest BCUT2D eigenvalue weighted by Gasteiger charge is -2.21. The normalized spacial score (nSPS) is 13.4. The molecule has 0 aliphatic carbocycles. The summed E-state index contributed by atoms with van der Waals surface area (Å²) in [6.07, 6.45) is 0.375. The Bertz CT molecular complexity index is 1440. The molecule has 2 unspecified atom stereocenters. The Balaban J connectivity index is 1.76. The molecular formula is C27H25N3O4S. The first-order valence-corrected chi connectivity index (χ1v) is 12.0. The Morgan fingerprint density at radius 1 is 0.971 bits per heavy atom. The van der Waals surface area contributed by atoms with E-state index >= 15 is 0 Å². The van der Waals surface area contributed by atoms with E-state index in [1.54, 1.807) is 47.0 Å². The molecule has 0 radical (unpaired) electrons. The van der Waals surface area contributed by atoms with Crippen LogP contribution >= 0.6 is 11.3 Å². The summed E-state index contributed by atoms with van der Waals surface area (Å²) in [6.45, 7) is 3.78. The number of aromatic nitrogens is 1. The third kappa shape index (κ3) is 5.22. The van der Waals surface area contributed by atoms with Crippen LogP contribution in [0.3, 0.4) is 0 Å². The summed E-state index contributed by atoms with van der Waals surface area (Å²) in [5.74, 6) is -2.02. The van der Waals surface area contributed by atoms with Gasteiger partial charge in [0.1, 0.15) is 6.04 Å². The van der Waals surface area contributed by atoms with Crippen molar-refractivity contribution in [3.05, 3.63) is 100 Å². The lowest BCUT2D eigenvalue weighted by atomic mass is 10.1.